The predicted molar refractivity (Wildman–Crippen MR) is 93.5 cm³/mol. The number of hydrogen-bond donors (Lipinski definition) is 0. The summed E-state index contributed by atoms with van der Waals surface area (Å²) in [7, 11) is 0. The number of carbonyl (C=O) groups is 1. The topological polar surface area (TPSA) is 48.4 Å². The molecule has 4 nitrogen and oxygen atoms in total. The van der Waals surface area contributed by atoms with E-state index in [1.807, 2.05) is 63.2 Å². The van der Waals surface area contributed by atoms with Crippen LogP contribution in [0.25, 0.3) is 10.9 Å². The minimum absolute atomic E-state index is 0.146. The quantitative estimate of drug-likeness (QED) is 0.535. The second kappa shape index (κ2) is 6.71. The van der Waals surface area contributed by atoms with Gasteiger partial charge in [0.15, 0.2) is 12.4 Å². The van der Waals surface area contributed by atoms with E-state index in [1.165, 1.54) is 0 Å². The molecule has 24 heavy (non-hydrogen) atoms. The molecule has 0 aliphatic heterocycles. The van der Waals surface area contributed by atoms with Crippen molar-refractivity contribution in [3.8, 4) is 11.5 Å². The van der Waals surface area contributed by atoms with E-state index in [2.05, 4.69) is 4.98 Å². The monoisotopic (exact) mass is 321 g/mol. The molecule has 0 fully saturated rings. The minimum atomic E-state index is -0.452. The molecule has 0 bridgehead atoms. The summed E-state index contributed by atoms with van der Waals surface area (Å²) in [5, 5.41) is 0.932. The molecular weight excluding hydrogens is 302 g/mol. The van der Waals surface area contributed by atoms with Crippen LogP contribution in [0.4, 0.5) is 0 Å². The van der Waals surface area contributed by atoms with Crippen LogP contribution in [0.15, 0.2) is 48.5 Å². The molecule has 0 aliphatic carbocycles. The summed E-state index contributed by atoms with van der Waals surface area (Å²) in [6, 6.07) is 15.3. The van der Waals surface area contributed by atoms with Crippen LogP contribution in [0.5, 0.6) is 11.5 Å². The number of pyridine rings is 1. The van der Waals surface area contributed by atoms with Gasteiger partial charge in [0, 0.05) is 11.1 Å². The second-order valence-electron chi connectivity index (χ2n) is 5.81. The summed E-state index contributed by atoms with van der Waals surface area (Å²) in [5.41, 5.74) is 3.61. The van der Waals surface area contributed by atoms with Gasteiger partial charge in [0.2, 0.25) is 0 Å². The molecule has 0 radical (unpaired) electrons. The molecule has 1 heterocycles. The summed E-state index contributed by atoms with van der Waals surface area (Å²) in [4.78, 5) is 16.6. The van der Waals surface area contributed by atoms with Gasteiger partial charge in [-0.1, -0.05) is 30.3 Å². The van der Waals surface area contributed by atoms with E-state index in [0.717, 1.165) is 22.2 Å². The molecule has 0 amide bonds. The first-order valence-corrected chi connectivity index (χ1v) is 7.80. The maximum Gasteiger partial charge on any atom is 0.349 e. The van der Waals surface area contributed by atoms with Crippen molar-refractivity contribution < 1.29 is 14.3 Å². The van der Waals surface area contributed by atoms with E-state index in [1.54, 1.807) is 6.07 Å². The Morgan fingerprint density at radius 1 is 1.00 bits per heavy atom. The van der Waals surface area contributed by atoms with Gasteiger partial charge in [0.1, 0.15) is 11.3 Å². The second-order valence-corrected chi connectivity index (χ2v) is 5.81. The minimum Gasteiger partial charge on any atom is -0.482 e. The first-order valence-electron chi connectivity index (χ1n) is 7.80. The zero-order valence-electron chi connectivity index (χ0n) is 14.0. The van der Waals surface area contributed by atoms with Crippen LogP contribution in [-0.4, -0.2) is 17.6 Å². The third-order valence-electron chi connectivity index (χ3n) is 3.74. The number of ether oxygens (including phenoxy) is 2. The van der Waals surface area contributed by atoms with E-state index in [9.17, 15) is 4.79 Å². The number of esters is 1. The Labute approximate surface area is 141 Å². The van der Waals surface area contributed by atoms with Crippen molar-refractivity contribution in [2.24, 2.45) is 0 Å². The number of aromatic nitrogens is 1. The zero-order chi connectivity index (χ0) is 17.1. The van der Waals surface area contributed by atoms with E-state index in [-0.39, 0.29) is 6.61 Å². The number of para-hydroxylation sites is 1. The Kier molecular flexibility index (Phi) is 4.47. The van der Waals surface area contributed by atoms with E-state index >= 15 is 0 Å². The molecule has 0 saturated heterocycles. The SMILES string of the molecule is Cc1ccc(C)c(OCC(=O)Oc2cccc3ccc(C)nc23)c1. The van der Waals surface area contributed by atoms with E-state index in [0.29, 0.717) is 17.0 Å². The Balaban J connectivity index is 1.73. The first kappa shape index (κ1) is 16.0. The lowest BCUT2D eigenvalue weighted by molar-refractivity contribution is -0.136. The normalized spacial score (nSPS) is 10.6. The van der Waals surface area contributed by atoms with Gasteiger partial charge in [0.25, 0.3) is 0 Å². The molecular formula is C20H19NO3. The maximum atomic E-state index is 12.1. The lowest BCUT2D eigenvalue weighted by Crippen LogP contribution is -2.18. The van der Waals surface area contributed by atoms with Gasteiger partial charge < -0.3 is 9.47 Å². The number of benzene rings is 2. The summed E-state index contributed by atoms with van der Waals surface area (Å²) in [6.07, 6.45) is 0. The molecule has 4 heteroatoms. The average molecular weight is 321 g/mol. The lowest BCUT2D eigenvalue weighted by atomic mass is 10.1. The van der Waals surface area contributed by atoms with Crippen molar-refractivity contribution in [3.63, 3.8) is 0 Å². The number of fused-ring (bicyclic) bond motifs is 1. The Morgan fingerprint density at radius 2 is 1.83 bits per heavy atom. The fraction of sp³-hybridized carbons (Fsp3) is 0.200. The lowest BCUT2D eigenvalue weighted by Gasteiger charge is -2.11. The van der Waals surface area contributed by atoms with Crippen molar-refractivity contribution in [2.75, 3.05) is 6.61 Å². The van der Waals surface area contributed by atoms with Gasteiger partial charge in [-0.15, -0.1) is 0 Å². The number of carbonyl (C=O) groups excluding carboxylic acids is 1. The molecule has 0 N–H and O–H groups in total. The number of nitrogens with zero attached hydrogens (tertiary/aromatic N) is 1. The zero-order valence-corrected chi connectivity index (χ0v) is 14.0. The standard InChI is InChI=1S/C20H19NO3/c1-13-7-8-14(2)18(11-13)23-12-19(22)24-17-6-4-5-16-10-9-15(3)21-20(16)17/h4-11H,12H2,1-3H3. The van der Waals surface area contributed by atoms with Gasteiger partial charge in [-0.25, -0.2) is 9.78 Å². The fourth-order valence-corrected chi connectivity index (χ4v) is 2.45. The number of rotatable bonds is 4. The average Bonchev–Trinajstić information content (AvgIpc) is 2.56. The van der Waals surface area contributed by atoms with Gasteiger partial charge in [-0.2, -0.15) is 0 Å². The van der Waals surface area contributed by atoms with Crippen LogP contribution in [0, 0.1) is 20.8 Å². The summed E-state index contributed by atoms with van der Waals surface area (Å²) < 4.78 is 11.0. The van der Waals surface area contributed by atoms with Crippen molar-refractivity contribution in [1.29, 1.82) is 0 Å². The smallest absolute Gasteiger partial charge is 0.349 e. The Morgan fingerprint density at radius 3 is 2.67 bits per heavy atom. The van der Waals surface area contributed by atoms with Gasteiger partial charge in [-0.05, 0) is 50.1 Å². The molecule has 3 rings (SSSR count). The van der Waals surface area contributed by atoms with Crippen LogP contribution < -0.4 is 9.47 Å². The van der Waals surface area contributed by atoms with Crippen molar-refractivity contribution in [3.05, 3.63) is 65.4 Å². The van der Waals surface area contributed by atoms with Crippen LogP contribution in [0.2, 0.25) is 0 Å². The highest BCUT2D eigenvalue weighted by molar-refractivity contribution is 5.87. The fourth-order valence-electron chi connectivity index (χ4n) is 2.45. The molecule has 122 valence electrons. The largest absolute Gasteiger partial charge is 0.482 e. The summed E-state index contributed by atoms with van der Waals surface area (Å²) >= 11 is 0. The Bertz CT molecular complexity index is 903. The molecule has 0 unspecified atom stereocenters. The van der Waals surface area contributed by atoms with Crippen molar-refractivity contribution >= 4 is 16.9 Å². The van der Waals surface area contributed by atoms with Crippen LogP contribution >= 0.6 is 0 Å². The van der Waals surface area contributed by atoms with E-state index < -0.39 is 5.97 Å². The molecule has 3 aromatic rings. The molecule has 0 atom stereocenters. The molecule has 2 aromatic carbocycles. The van der Waals surface area contributed by atoms with E-state index in [4.69, 9.17) is 9.47 Å². The predicted octanol–water partition coefficient (Wildman–Crippen LogP) is 4.14. The molecule has 0 spiro atoms. The molecule has 0 aliphatic rings. The van der Waals surface area contributed by atoms with Crippen molar-refractivity contribution in [1.82, 2.24) is 4.98 Å². The number of hydrogen-bond acceptors (Lipinski definition) is 4. The number of aryl methyl sites for hydroxylation is 3. The third kappa shape index (κ3) is 3.54. The highest BCUT2D eigenvalue weighted by Gasteiger charge is 2.11. The molecule has 1 aromatic heterocycles. The summed E-state index contributed by atoms with van der Waals surface area (Å²) in [6.45, 7) is 5.68. The van der Waals surface area contributed by atoms with Gasteiger partial charge in [-0.3, -0.25) is 0 Å². The first-order chi connectivity index (χ1) is 11.5. The van der Waals surface area contributed by atoms with Crippen molar-refractivity contribution in [2.45, 2.75) is 20.8 Å². The van der Waals surface area contributed by atoms with Crippen LogP contribution in [0.3, 0.4) is 0 Å². The third-order valence-corrected chi connectivity index (χ3v) is 3.74. The maximum absolute atomic E-state index is 12.1. The molecule has 0 saturated carbocycles. The highest BCUT2D eigenvalue weighted by atomic mass is 16.6. The van der Waals surface area contributed by atoms with Crippen LogP contribution in [-0.2, 0) is 4.79 Å². The van der Waals surface area contributed by atoms with Gasteiger partial charge >= 0.3 is 5.97 Å². The summed E-state index contributed by atoms with van der Waals surface area (Å²) in [5.74, 6) is 0.691. The highest BCUT2D eigenvalue weighted by Crippen LogP contribution is 2.24. The Hall–Kier alpha value is -2.88. The van der Waals surface area contributed by atoms with Crippen LogP contribution in [0.1, 0.15) is 16.8 Å². The van der Waals surface area contributed by atoms with Gasteiger partial charge in [0.05, 0.1) is 0 Å².